The minimum Gasteiger partial charge on any atom is -0.497 e. The Hall–Kier alpha value is -1.26. The number of benzene rings is 1. The van der Waals surface area contributed by atoms with Gasteiger partial charge in [-0.2, -0.15) is 0 Å². The van der Waals surface area contributed by atoms with Gasteiger partial charge >= 0.3 is 0 Å². The molecule has 1 aromatic carbocycles. The maximum Gasteiger partial charge on any atom is 0.124 e. The van der Waals surface area contributed by atoms with E-state index in [-0.39, 0.29) is 5.60 Å². The summed E-state index contributed by atoms with van der Waals surface area (Å²) < 4.78 is 16.5. The van der Waals surface area contributed by atoms with Crippen LogP contribution in [0, 0.1) is 0 Å². The van der Waals surface area contributed by atoms with Gasteiger partial charge in [-0.1, -0.05) is 0 Å². The molecule has 0 aromatic heterocycles. The molecule has 0 aliphatic carbocycles. The lowest BCUT2D eigenvalue weighted by molar-refractivity contribution is 0.00536. The van der Waals surface area contributed by atoms with Gasteiger partial charge in [0.1, 0.15) is 11.5 Å². The fourth-order valence-corrected chi connectivity index (χ4v) is 1.66. The highest BCUT2D eigenvalue weighted by atomic mass is 16.5. The van der Waals surface area contributed by atoms with Crippen molar-refractivity contribution in [3.05, 3.63) is 23.8 Å². The number of nitrogens with one attached hydrogen (secondary N) is 1. The fraction of sp³-hybridized carbons (Fsp3) is 0.600. The van der Waals surface area contributed by atoms with Gasteiger partial charge in [-0.05, 0) is 39.1 Å². The normalized spacial score (nSPS) is 11.4. The summed E-state index contributed by atoms with van der Waals surface area (Å²) in [4.78, 5) is 0. The van der Waals surface area contributed by atoms with E-state index in [9.17, 15) is 0 Å². The Morgan fingerprint density at radius 1 is 1.21 bits per heavy atom. The first-order chi connectivity index (χ1) is 9.02. The van der Waals surface area contributed by atoms with Gasteiger partial charge in [0.15, 0.2) is 0 Å². The Morgan fingerprint density at radius 2 is 1.95 bits per heavy atom. The molecule has 0 atom stereocenters. The molecule has 19 heavy (non-hydrogen) atoms. The molecule has 1 aromatic rings. The first-order valence-corrected chi connectivity index (χ1v) is 6.52. The maximum atomic E-state index is 5.85. The Kier molecular flexibility index (Phi) is 6.12. The second kappa shape index (κ2) is 7.36. The summed E-state index contributed by atoms with van der Waals surface area (Å²) in [5.41, 5.74) is 0.937. The van der Waals surface area contributed by atoms with Crippen LogP contribution in [0.5, 0.6) is 11.5 Å². The average Bonchev–Trinajstić information content (AvgIpc) is 2.40. The van der Waals surface area contributed by atoms with Crippen LogP contribution in [0.1, 0.15) is 25.8 Å². The van der Waals surface area contributed by atoms with Gasteiger partial charge in [0, 0.05) is 25.6 Å². The zero-order chi connectivity index (χ0) is 14.3. The molecular formula is C15H25NO3. The number of methoxy groups -OCH3 is 2. The first kappa shape index (κ1) is 15.8. The molecule has 0 heterocycles. The van der Waals surface area contributed by atoms with Crippen molar-refractivity contribution in [2.45, 2.75) is 32.4 Å². The van der Waals surface area contributed by atoms with Crippen LogP contribution in [0.4, 0.5) is 0 Å². The Balaban J connectivity index is 2.66. The van der Waals surface area contributed by atoms with Gasteiger partial charge in [0.05, 0.1) is 19.3 Å². The van der Waals surface area contributed by atoms with E-state index in [1.807, 2.05) is 25.2 Å². The second-order valence-corrected chi connectivity index (χ2v) is 5.07. The molecule has 0 bridgehead atoms. The summed E-state index contributed by atoms with van der Waals surface area (Å²) in [5.74, 6) is 1.73. The maximum absolute atomic E-state index is 5.85. The number of rotatable bonds is 8. The molecule has 0 unspecified atom stereocenters. The third kappa shape index (κ3) is 5.09. The largest absolute Gasteiger partial charge is 0.497 e. The van der Waals surface area contributed by atoms with Crippen molar-refractivity contribution in [1.82, 2.24) is 5.32 Å². The topological polar surface area (TPSA) is 39.7 Å². The van der Waals surface area contributed by atoms with E-state index in [0.29, 0.717) is 6.61 Å². The van der Waals surface area contributed by atoms with Gasteiger partial charge in [0.25, 0.3) is 0 Å². The summed E-state index contributed by atoms with van der Waals surface area (Å²) in [6.45, 7) is 5.49. The molecular weight excluding hydrogens is 242 g/mol. The zero-order valence-electron chi connectivity index (χ0n) is 12.6. The Bertz CT molecular complexity index is 391. The minimum atomic E-state index is -0.157. The van der Waals surface area contributed by atoms with E-state index in [4.69, 9.17) is 14.2 Å². The summed E-state index contributed by atoms with van der Waals surface area (Å²) in [7, 11) is 5.30. The molecule has 4 heteroatoms. The van der Waals surface area contributed by atoms with Crippen LogP contribution >= 0.6 is 0 Å². The van der Waals surface area contributed by atoms with Crippen molar-refractivity contribution in [3.63, 3.8) is 0 Å². The van der Waals surface area contributed by atoms with Crippen LogP contribution in [0.2, 0.25) is 0 Å². The van der Waals surface area contributed by atoms with Crippen LogP contribution in [-0.4, -0.2) is 33.5 Å². The number of ether oxygens (including phenoxy) is 3. The molecule has 1 rings (SSSR count). The predicted octanol–water partition coefficient (Wildman–Crippen LogP) is 2.61. The molecule has 4 nitrogen and oxygen atoms in total. The van der Waals surface area contributed by atoms with Crippen molar-refractivity contribution in [2.75, 3.05) is 27.9 Å². The lowest BCUT2D eigenvalue weighted by Gasteiger charge is -2.23. The van der Waals surface area contributed by atoms with Gasteiger partial charge in [0.2, 0.25) is 0 Å². The standard InChI is InChI=1S/C15H25NO3/c1-15(2,18-5)8-9-19-14-7-6-13(17-4)10-12(14)11-16-3/h6-7,10,16H,8-9,11H2,1-5H3. The Labute approximate surface area is 116 Å². The van der Waals surface area contributed by atoms with Gasteiger partial charge in [-0.25, -0.2) is 0 Å². The highest BCUT2D eigenvalue weighted by molar-refractivity contribution is 5.40. The number of hydrogen-bond acceptors (Lipinski definition) is 4. The van der Waals surface area contributed by atoms with Crippen LogP contribution in [0.15, 0.2) is 18.2 Å². The highest BCUT2D eigenvalue weighted by Gasteiger charge is 2.16. The molecule has 0 spiro atoms. The van der Waals surface area contributed by atoms with Crippen molar-refractivity contribution >= 4 is 0 Å². The van der Waals surface area contributed by atoms with Gasteiger partial charge < -0.3 is 19.5 Å². The van der Waals surface area contributed by atoms with E-state index in [1.54, 1.807) is 14.2 Å². The van der Waals surface area contributed by atoms with Crippen molar-refractivity contribution in [2.24, 2.45) is 0 Å². The SMILES string of the molecule is CNCc1cc(OC)ccc1OCCC(C)(C)OC. The summed E-state index contributed by atoms with van der Waals surface area (Å²) in [6.07, 6.45) is 0.842. The zero-order valence-corrected chi connectivity index (χ0v) is 12.6. The van der Waals surface area contributed by atoms with Gasteiger partial charge in [-0.15, -0.1) is 0 Å². The molecule has 0 fully saturated rings. The lowest BCUT2D eigenvalue weighted by atomic mass is 10.1. The minimum absolute atomic E-state index is 0.157. The molecule has 0 amide bonds. The van der Waals surface area contributed by atoms with E-state index in [1.165, 1.54) is 0 Å². The monoisotopic (exact) mass is 267 g/mol. The highest BCUT2D eigenvalue weighted by Crippen LogP contribution is 2.25. The van der Waals surface area contributed by atoms with Crippen LogP contribution in [0.3, 0.4) is 0 Å². The fourth-order valence-electron chi connectivity index (χ4n) is 1.66. The van der Waals surface area contributed by atoms with E-state index in [0.717, 1.165) is 30.0 Å². The molecule has 108 valence electrons. The third-order valence-corrected chi connectivity index (χ3v) is 3.15. The summed E-state index contributed by atoms with van der Waals surface area (Å²) in [5, 5.41) is 3.13. The molecule has 0 saturated carbocycles. The van der Waals surface area contributed by atoms with E-state index >= 15 is 0 Å². The molecule has 0 aliphatic rings. The second-order valence-electron chi connectivity index (χ2n) is 5.07. The van der Waals surface area contributed by atoms with Crippen LogP contribution in [0.25, 0.3) is 0 Å². The van der Waals surface area contributed by atoms with Crippen molar-refractivity contribution in [1.29, 1.82) is 0 Å². The van der Waals surface area contributed by atoms with Crippen LogP contribution < -0.4 is 14.8 Å². The third-order valence-electron chi connectivity index (χ3n) is 3.15. The van der Waals surface area contributed by atoms with E-state index < -0.39 is 0 Å². The van der Waals surface area contributed by atoms with Crippen molar-refractivity contribution in [3.8, 4) is 11.5 Å². The smallest absolute Gasteiger partial charge is 0.124 e. The molecule has 0 saturated heterocycles. The predicted molar refractivity (Wildman–Crippen MR) is 77.0 cm³/mol. The number of hydrogen-bond donors (Lipinski definition) is 1. The Morgan fingerprint density at radius 3 is 2.53 bits per heavy atom. The lowest BCUT2D eigenvalue weighted by Crippen LogP contribution is -2.25. The average molecular weight is 267 g/mol. The molecule has 0 aliphatic heterocycles. The van der Waals surface area contributed by atoms with Crippen LogP contribution in [-0.2, 0) is 11.3 Å². The van der Waals surface area contributed by atoms with Crippen molar-refractivity contribution < 1.29 is 14.2 Å². The summed E-state index contributed by atoms with van der Waals surface area (Å²) >= 11 is 0. The van der Waals surface area contributed by atoms with Gasteiger partial charge in [-0.3, -0.25) is 0 Å². The quantitative estimate of drug-likeness (QED) is 0.786. The summed E-state index contributed by atoms with van der Waals surface area (Å²) in [6, 6.07) is 5.86. The first-order valence-electron chi connectivity index (χ1n) is 6.52. The van der Waals surface area contributed by atoms with E-state index in [2.05, 4.69) is 19.2 Å². The molecule has 1 N–H and O–H groups in total. The molecule has 0 radical (unpaired) electrons.